The van der Waals surface area contributed by atoms with Crippen LogP contribution in [0.1, 0.15) is 49.7 Å². The second-order valence-electron chi connectivity index (χ2n) is 9.07. The molecule has 7 nitrogen and oxygen atoms in total. The molecule has 10 heteroatoms. The highest BCUT2D eigenvalue weighted by Crippen LogP contribution is 2.45. The van der Waals surface area contributed by atoms with Crippen LogP contribution in [0.25, 0.3) is 11.3 Å². The molecule has 0 amide bonds. The van der Waals surface area contributed by atoms with Crippen molar-refractivity contribution in [1.82, 2.24) is 25.5 Å². The maximum absolute atomic E-state index is 13.4. The SMILES string of the molecule is CC(C)Oc1ccc(-n2nnnc2C(F)(F)F)cc1C1=C[C@@]2(CCCN[C@H]2c2ccccc2)OC1. The summed E-state index contributed by atoms with van der Waals surface area (Å²) in [4.78, 5) is 0. The third-order valence-electron chi connectivity index (χ3n) is 6.27. The van der Waals surface area contributed by atoms with Crippen LogP contribution in [0, 0.1) is 0 Å². The lowest BCUT2D eigenvalue weighted by Gasteiger charge is -2.40. The third-order valence-corrected chi connectivity index (χ3v) is 6.27. The molecule has 35 heavy (non-hydrogen) atoms. The van der Waals surface area contributed by atoms with Crippen LogP contribution in [0.4, 0.5) is 13.2 Å². The van der Waals surface area contributed by atoms with Crippen LogP contribution in [-0.4, -0.2) is 45.1 Å². The molecule has 0 unspecified atom stereocenters. The van der Waals surface area contributed by atoms with Crippen LogP contribution in [0.3, 0.4) is 0 Å². The molecule has 2 atom stereocenters. The summed E-state index contributed by atoms with van der Waals surface area (Å²) in [6, 6.07) is 14.9. The average molecular weight is 486 g/mol. The molecule has 0 radical (unpaired) electrons. The topological polar surface area (TPSA) is 74.1 Å². The van der Waals surface area contributed by atoms with Gasteiger partial charge in [-0.3, -0.25) is 0 Å². The maximum Gasteiger partial charge on any atom is 0.453 e. The first-order valence-corrected chi connectivity index (χ1v) is 11.6. The monoisotopic (exact) mass is 485 g/mol. The first kappa shape index (κ1) is 23.5. The van der Waals surface area contributed by atoms with E-state index in [9.17, 15) is 13.2 Å². The first-order chi connectivity index (χ1) is 16.8. The predicted octanol–water partition coefficient (Wildman–Crippen LogP) is 4.75. The van der Waals surface area contributed by atoms with Gasteiger partial charge in [-0.2, -0.15) is 17.9 Å². The van der Waals surface area contributed by atoms with E-state index in [4.69, 9.17) is 9.47 Å². The van der Waals surface area contributed by atoms with Crippen LogP contribution in [-0.2, 0) is 10.9 Å². The van der Waals surface area contributed by atoms with E-state index in [-0.39, 0.29) is 17.8 Å². The van der Waals surface area contributed by atoms with Gasteiger partial charge in [0.15, 0.2) is 0 Å². The summed E-state index contributed by atoms with van der Waals surface area (Å²) in [5.41, 5.74) is 2.27. The van der Waals surface area contributed by atoms with Gasteiger partial charge < -0.3 is 14.8 Å². The molecule has 3 aromatic rings. The maximum atomic E-state index is 13.4. The van der Waals surface area contributed by atoms with Gasteiger partial charge in [-0.05, 0) is 79.1 Å². The van der Waals surface area contributed by atoms with E-state index in [0.717, 1.165) is 30.5 Å². The van der Waals surface area contributed by atoms with Crippen molar-refractivity contribution in [2.24, 2.45) is 0 Å². The lowest BCUT2D eigenvalue weighted by atomic mass is 9.81. The highest BCUT2D eigenvalue weighted by molar-refractivity contribution is 5.75. The smallest absolute Gasteiger partial charge is 0.453 e. The van der Waals surface area contributed by atoms with E-state index in [1.807, 2.05) is 32.0 Å². The van der Waals surface area contributed by atoms with Crippen molar-refractivity contribution in [3.05, 3.63) is 71.6 Å². The Labute approximate surface area is 200 Å². The molecule has 0 bridgehead atoms. The Bertz CT molecular complexity index is 1230. The Kier molecular flexibility index (Phi) is 6.10. The van der Waals surface area contributed by atoms with Gasteiger partial charge in [0.25, 0.3) is 5.82 Å². The fourth-order valence-electron chi connectivity index (χ4n) is 4.83. The average Bonchev–Trinajstić information content (AvgIpc) is 3.48. The van der Waals surface area contributed by atoms with Crippen molar-refractivity contribution in [3.63, 3.8) is 0 Å². The third kappa shape index (κ3) is 4.55. The summed E-state index contributed by atoms with van der Waals surface area (Å²) < 4.78 is 53.5. The Morgan fingerprint density at radius 3 is 2.71 bits per heavy atom. The minimum absolute atomic E-state index is 0.0380. The molecule has 2 aromatic carbocycles. The zero-order valence-electron chi connectivity index (χ0n) is 19.4. The fourth-order valence-corrected chi connectivity index (χ4v) is 4.83. The lowest BCUT2D eigenvalue weighted by Crippen LogP contribution is -2.47. The minimum atomic E-state index is -4.69. The molecule has 2 aliphatic heterocycles. The Balaban J connectivity index is 1.58. The van der Waals surface area contributed by atoms with Crippen LogP contribution >= 0.6 is 0 Å². The molecule has 5 rings (SSSR count). The minimum Gasteiger partial charge on any atom is -0.490 e. The summed E-state index contributed by atoms with van der Waals surface area (Å²) in [5.74, 6) is -0.618. The largest absolute Gasteiger partial charge is 0.490 e. The highest BCUT2D eigenvalue weighted by Gasteiger charge is 2.45. The van der Waals surface area contributed by atoms with E-state index in [1.54, 1.807) is 12.1 Å². The molecule has 1 fully saturated rings. The molecule has 0 aliphatic carbocycles. The van der Waals surface area contributed by atoms with E-state index in [1.165, 1.54) is 6.07 Å². The number of ether oxygens (including phenoxy) is 2. The molecule has 2 aliphatic rings. The number of benzene rings is 2. The van der Waals surface area contributed by atoms with E-state index in [0.29, 0.717) is 22.6 Å². The lowest BCUT2D eigenvalue weighted by molar-refractivity contribution is -0.146. The van der Waals surface area contributed by atoms with Crippen LogP contribution < -0.4 is 10.1 Å². The molecule has 0 saturated carbocycles. The number of piperidine rings is 1. The van der Waals surface area contributed by atoms with Gasteiger partial charge in [0.2, 0.25) is 0 Å². The number of nitrogens with one attached hydrogen (secondary N) is 1. The number of hydrogen-bond acceptors (Lipinski definition) is 6. The zero-order valence-corrected chi connectivity index (χ0v) is 19.4. The number of aromatic nitrogens is 4. The van der Waals surface area contributed by atoms with Gasteiger partial charge in [-0.25, -0.2) is 0 Å². The summed E-state index contributed by atoms with van der Waals surface area (Å²) >= 11 is 0. The van der Waals surface area contributed by atoms with Gasteiger partial charge in [0.05, 0.1) is 24.4 Å². The molecule has 3 heterocycles. The van der Waals surface area contributed by atoms with Crippen LogP contribution in [0.2, 0.25) is 0 Å². The molecule has 1 saturated heterocycles. The second kappa shape index (κ2) is 9.09. The fraction of sp³-hybridized carbons (Fsp3) is 0.400. The molecule has 184 valence electrons. The number of hydrogen-bond donors (Lipinski definition) is 1. The Morgan fingerprint density at radius 2 is 1.97 bits per heavy atom. The van der Waals surface area contributed by atoms with Gasteiger partial charge in [-0.1, -0.05) is 30.3 Å². The number of halogens is 3. The highest BCUT2D eigenvalue weighted by atomic mass is 19.4. The van der Waals surface area contributed by atoms with E-state index < -0.39 is 17.6 Å². The van der Waals surface area contributed by atoms with Gasteiger partial charge in [-0.15, -0.1) is 5.10 Å². The molecular weight excluding hydrogens is 459 g/mol. The van der Waals surface area contributed by atoms with Crippen molar-refractivity contribution < 1.29 is 22.6 Å². The molecule has 1 N–H and O–H groups in total. The summed E-state index contributed by atoms with van der Waals surface area (Å²) in [7, 11) is 0. The number of alkyl halides is 3. The van der Waals surface area contributed by atoms with Crippen LogP contribution in [0.15, 0.2) is 54.6 Å². The van der Waals surface area contributed by atoms with Crippen molar-refractivity contribution in [2.75, 3.05) is 13.2 Å². The van der Waals surface area contributed by atoms with Gasteiger partial charge in [0.1, 0.15) is 11.4 Å². The molecule has 1 spiro atoms. The van der Waals surface area contributed by atoms with Crippen LogP contribution in [0.5, 0.6) is 5.75 Å². The second-order valence-corrected chi connectivity index (χ2v) is 9.07. The van der Waals surface area contributed by atoms with Crippen molar-refractivity contribution in [1.29, 1.82) is 0 Å². The van der Waals surface area contributed by atoms with Crippen molar-refractivity contribution in [2.45, 2.75) is 50.6 Å². The van der Waals surface area contributed by atoms with Crippen molar-refractivity contribution in [3.8, 4) is 11.4 Å². The number of rotatable bonds is 5. The number of nitrogens with zero attached hydrogens (tertiary/aromatic N) is 4. The van der Waals surface area contributed by atoms with Crippen molar-refractivity contribution >= 4 is 5.57 Å². The summed E-state index contributed by atoms with van der Waals surface area (Å²) in [5, 5.41) is 13.6. The summed E-state index contributed by atoms with van der Waals surface area (Å²) in [6.45, 7) is 4.99. The Morgan fingerprint density at radius 1 is 1.17 bits per heavy atom. The standard InChI is InChI=1S/C25H26F3N5O2/c1-16(2)35-21-10-9-19(33-23(25(26,27)28)30-31-32-33)13-20(21)18-14-24(34-15-18)11-6-12-29-22(24)17-7-4-3-5-8-17/h3-5,7-10,13-14,16,22,29H,6,11-12,15H2,1-2H3/t22-,24+/m0/s1. The van der Waals surface area contributed by atoms with E-state index >= 15 is 0 Å². The molecule has 1 aromatic heterocycles. The quantitative estimate of drug-likeness (QED) is 0.563. The summed E-state index contributed by atoms with van der Waals surface area (Å²) in [6.07, 6.45) is -0.930. The Hall–Kier alpha value is -3.24. The normalized spacial score (nSPS) is 22.6. The number of tetrazole rings is 1. The first-order valence-electron chi connectivity index (χ1n) is 11.6. The molecular formula is C25H26F3N5O2. The van der Waals surface area contributed by atoms with Gasteiger partial charge >= 0.3 is 6.18 Å². The van der Waals surface area contributed by atoms with Gasteiger partial charge in [0, 0.05) is 5.56 Å². The predicted molar refractivity (Wildman–Crippen MR) is 123 cm³/mol. The van der Waals surface area contributed by atoms with E-state index in [2.05, 4.69) is 39.1 Å². The zero-order chi connectivity index (χ0) is 24.6.